The van der Waals surface area contributed by atoms with Gasteiger partial charge < -0.3 is 9.84 Å². The quantitative estimate of drug-likeness (QED) is 0.612. The molecule has 0 saturated carbocycles. The summed E-state index contributed by atoms with van der Waals surface area (Å²) in [4.78, 5) is 0. The van der Waals surface area contributed by atoms with Gasteiger partial charge in [-0.05, 0) is 55.2 Å². The average Bonchev–Trinajstić information content (AvgIpc) is 2.65. The highest BCUT2D eigenvalue weighted by Crippen LogP contribution is 2.28. The van der Waals surface area contributed by atoms with Crippen LogP contribution in [0.3, 0.4) is 0 Å². The molecule has 3 aromatic rings. The lowest BCUT2D eigenvalue weighted by molar-refractivity contribution is 0.157. The Morgan fingerprint density at radius 2 is 1.32 bits per heavy atom. The maximum Gasteiger partial charge on any atom is 0.127 e. The van der Waals surface area contributed by atoms with Crippen molar-refractivity contribution in [1.82, 2.24) is 0 Å². The number of hydrogen-bond acceptors (Lipinski definition) is 2. The lowest BCUT2D eigenvalue weighted by Gasteiger charge is -2.21. The van der Waals surface area contributed by atoms with E-state index >= 15 is 0 Å². The second-order valence-electron chi connectivity index (χ2n) is 6.36. The molecule has 0 amide bonds. The third kappa shape index (κ3) is 4.94. The fourth-order valence-electron chi connectivity index (χ4n) is 3.06. The van der Waals surface area contributed by atoms with E-state index in [0.29, 0.717) is 0 Å². The van der Waals surface area contributed by atoms with Crippen molar-refractivity contribution in [1.29, 1.82) is 0 Å². The first-order valence-corrected chi connectivity index (χ1v) is 8.77. The second-order valence-corrected chi connectivity index (χ2v) is 6.36. The Balaban J connectivity index is 1.67. The van der Waals surface area contributed by atoms with Gasteiger partial charge in [-0.15, -0.1) is 0 Å². The largest absolute Gasteiger partial charge is 0.457 e. The molecular formula is C23H24O2. The molecule has 3 aromatic carbocycles. The van der Waals surface area contributed by atoms with E-state index in [9.17, 15) is 5.11 Å². The number of aryl methyl sites for hydroxylation is 1. The highest BCUT2D eigenvalue weighted by molar-refractivity contribution is 5.34. The summed E-state index contributed by atoms with van der Waals surface area (Å²) in [5.74, 6) is 1.75. The number of para-hydroxylation sites is 1. The van der Waals surface area contributed by atoms with Crippen molar-refractivity contribution in [2.75, 3.05) is 0 Å². The average molecular weight is 332 g/mol. The van der Waals surface area contributed by atoms with E-state index in [1.54, 1.807) is 0 Å². The summed E-state index contributed by atoms with van der Waals surface area (Å²) in [6.45, 7) is 1.87. The second kappa shape index (κ2) is 8.50. The molecule has 0 aliphatic rings. The van der Waals surface area contributed by atoms with E-state index in [4.69, 9.17) is 4.74 Å². The summed E-state index contributed by atoms with van der Waals surface area (Å²) < 4.78 is 5.84. The van der Waals surface area contributed by atoms with Crippen LogP contribution < -0.4 is 4.74 Å². The van der Waals surface area contributed by atoms with Gasteiger partial charge >= 0.3 is 0 Å². The first-order chi connectivity index (χ1) is 12.2. The van der Waals surface area contributed by atoms with Crippen molar-refractivity contribution in [3.8, 4) is 11.5 Å². The molecular weight excluding hydrogens is 308 g/mol. The van der Waals surface area contributed by atoms with Crippen LogP contribution in [0.4, 0.5) is 0 Å². The predicted octanol–water partition coefficient (Wildman–Crippen LogP) is 5.58. The summed E-state index contributed by atoms with van der Waals surface area (Å²) in [7, 11) is 0. The summed E-state index contributed by atoms with van der Waals surface area (Å²) in [6, 6.07) is 28.2. The maximum atomic E-state index is 10.2. The molecule has 3 rings (SSSR count). The van der Waals surface area contributed by atoms with Gasteiger partial charge in [0.25, 0.3) is 0 Å². The van der Waals surface area contributed by atoms with Crippen molar-refractivity contribution in [3.63, 3.8) is 0 Å². The first-order valence-electron chi connectivity index (χ1n) is 8.77. The van der Waals surface area contributed by atoms with Gasteiger partial charge in [0.1, 0.15) is 11.5 Å². The fraction of sp³-hybridized carbons (Fsp3) is 0.217. The molecule has 2 unspecified atom stereocenters. The first kappa shape index (κ1) is 17.2. The number of benzene rings is 3. The van der Waals surface area contributed by atoms with E-state index in [1.807, 2.05) is 55.5 Å². The molecule has 0 fully saturated rings. The smallest absolute Gasteiger partial charge is 0.127 e. The predicted molar refractivity (Wildman–Crippen MR) is 102 cm³/mol. The van der Waals surface area contributed by atoms with Crippen LogP contribution in [0.1, 0.15) is 30.4 Å². The topological polar surface area (TPSA) is 29.5 Å². The Bertz CT molecular complexity index is 749. The van der Waals surface area contributed by atoms with Gasteiger partial charge in [-0.25, -0.2) is 0 Å². The Labute approximate surface area is 149 Å². The molecule has 2 heteroatoms. The third-order valence-corrected chi connectivity index (χ3v) is 4.46. The van der Waals surface area contributed by atoms with Gasteiger partial charge in [-0.1, -0.05) is 60.7 Å². The van der Waals surface area contributed by atoms with Crippen molar-refractivity contribution in [2.45, 2.75) is 31.8 Å². The van der Waals surface area contributed by atoms with Gasteiger partial charge in [-0.2, -0.15) is 0 Å². The maximum absolute atomic E-state index is 10.2. The lowest BCUT2D eigenvalue weighted by Crippen LogP contribution is -2.15. The number of hydrogen-bond donors (Lipinski definition) is 1. The fourth-order valence-corrected chi connectivity index (χ4v) is 3.06. The molecule has 2 nitrogen and oxygen atoms in total. The summed E-state index contributed by atoms with van der Waals surface area (Å²) in [5, 5.41) is 10.2. The zero-order valence-corrected chi connectivity index (χ0v) is 14.5. The van der Waals surface area contributed by atoms with Crippen LogP contribution >= 0.6 is 0 Å². The number of ether oxygens (including phenoxy) is 1. The van der Waals surface area contributed by atoms with Crippen LogP contribution in [0.15, 0.2) is 84.9 Å². The van der Waals surface area contributed by atoms with Crippen molar-refractivity contribution >= 4 is 0 Å². The highest BCUT2D eigenvalue weighted by Gasteiger charge is 2.17. The summed E-state index contributed by atoms with van der Waals surface area (Å²) in [5.41, 5.74) is 2.45. The Morgan fingerprint density at radius 1 is 0.760 bits per heavy atom. The molecule has 0 aliphatic heterocycles. The zero-order chi connectivity index (χ0) is 17.5. The minimum Gasteiger partial charge on any atom is -0.457 e. The molecule has 25 heavy (non-hydrogen) atoms. The van der Waals surface area contributed by atoms with E-state index in [0.717, 1.165) is 29.9 Å². The Morgan fingerprint density at radius 3 is 1.92 bits per heavy atom. The molecule has 1 N–H and O–H groups in total. The minimum atomic E-state index is -0.385. The van der Waals surface area contributed by atoms with Crippen LogP contribution in [0.2, 0.25) is 0 Å². The van der Waals surface area contributed by atoms with E-state index in [1.165, 1.54) is 5.56 Å². The van der Waals surface area contributed by atoms with Crippen LogP contribution in [0, 0.1) is 0 Å². The third-order valence-electron chi connectivity index (χ3n) is 4.46. The lowest BCUT2D eigenvalue weighted by atomic mass is 9.88. The van der Waals surface area contributed by atoms with E-state index in [2.05, 4.69) is 36.4 Å². The van der Waals surface area contributed by atoms with Crippen LogP contribution in [0.5, 0.6) is 11.5 Å². The van der Waals surface area contributed by atoms with Gasteiger partial charge in [0, 0.05) is 5.92 Å². The number of aliphatic hydroxyl groups is 1. The molecule has 128 valence electrons. The molecule has 2 atom stereocenters. The highest BCUT2D eigenvalue weighted by atomic mass is 16.5. The van der Waals surface area contributed by atoms with Gasteiger partial charge in [0.2, 0.25) is 0 Å². The monoisotopic (exact) mass is 332 g/mol. The molecule has 0 heterocycles. The van der Waals surface area contributed by atoms with Crippen LogP contribution in [-0.2, 0) is 6.42 Å². The van der Waals surface area contributed by atoms with Crippen molar-refractivity contribution in [2.24, 2.45) is 0 Å². The Kier molecular flexibility index (Phi) is 5.86. The molecule has 0 spiro atoms. The summed E-state index contributed by atoms with van der Waals surface area (Å²) >= 11 is 0. The Hall–Kier alpha value is -2.58. The molecule has 0 saturated heterocycles. The van der Waals surface area contributed by atoms with Gasteiger partial charge in [0.05, 0.1) is 6.10 Å². The molecule has 0 aliphatic carbocycles. The summed E-state index contributed by atoms with van der Waals surface area (Å²) in [6.07, 6.45) is 1.49. The molecule has 0 radical (unpaired) electrons. The van der Waals surface area contributed by atoms with E-state index in [-0.39, 0.29) is 12.0 Å². The zero-order valence-electron chi connectivity index (χ0n) is 14.5. The van der Waals surface area contributed by atoms with Crippen LogP contribution in [-0.4, -0.2) is 11.2 Å². The normalized spacial score (nSPS) is 13.2. The van der Waals surface area contributed by atoms with Crippen molar-refractivity contribution in [3.05, 3.63) is 96.1 Å². The minimum absolute atomic E-state index is 0.117. The van der Waals surface area contributed by atoms with Gasteiger partial charge in [-0.3, -0.25) is 0 Å². The van der Waals surface area contributed by atoms with Crippen molar-refractivity contribution < 1.29 is 9.84 Å². The molecule has 0 bridgehead atoms. The number of rotatable bonds is 7. The van der Waals surface area contributed by atoms with E-state index < -0.39 is 0 Å². The SMILES string of the molecule is CC(O)C(CCc1ccccc1)c1ccc(Oc2ccccc2)cc1. The molecule has 0 aromatic heterocycles. The standard InChI is InChI=1S/C23H24O2/c1-18(24)23(17-12-19-8-4-2-5-9-19)20-13-15-22(16-14-20)25-21-10-6-3-7-11-21/h2-11,13-16,18,23-24H,12,17H2,1H3. The van der Waals surface area contributed by atoms with Crippen LogP contribution in [0.25, 0.3) is 0 Å². The van der Waals surface area contributed by atoms with Gasteiger partial charge in [0.15, 0.2) is 0 Å². The number of aliphatic hydroxyl groups excluding tert-OH is 1.